The highest BCUT2D eigenvalue weighted by Gasteiger charge is 1.99. The largest absolute Gasteiger partial charge is 0.340 e. The van der Waals surface area contributed by atoms with Gasteiger partial charge in [0.1, 0.15) is 0 Å². The van der Waals surface area contributed by atoms with Crippen LogP contribution >= 0.6 is 11.6 Å². The summed E-state index contributed by atoms with van der Waals surface area (Å²) in [7, 11) is 1.97. The molecule has 1 heterocycles. The van der Waals surface area contributed by atoms with Gasteiger partial charge in [-0.3, -0.25) is 0 Å². The highest BCUT2D eigenvalue weighted by molar-refractivity contribution is 6.30. The van der Waals surface area contributed by atoms with Crippen molar-refractivity contribution < 1.29 is 0 Å². The molecule has 14 heavy (non-hydrogen) atoms. The maximum absolute atomic E-state index is 5.89. The highest BCUT2D eigenvalue weighted by atomic mass is 35.5. The zero-order chi connectivity index (χ0) is 9.97. The van der Waals surface area contributed by atoms with Crippen molar-refractivity contribution in [1.29, 1.82) is 0 Å². The number of imidazole rings is 1. The van der Waals surface area contributed by atoms with Crippen LogP contribution in [0.25, 0.3) is 0 Å². The minimum Gasteiger partial charge on any atom is -0.340 e. The first-order valence-corrected chi connectivity index (χ1v) is 4.83. The maximum atomic E-state index is 5.89. The van der Waals surface area contributed by atoms with Gasteiger partial charge < -0.3 is 4.57 Å². The van der Waals surface area contributed by atoms with Gasteiger partial charge in [-0.05, 0) is 17.7 Å². The van der Waals surface area contributed by atoms with Crippen molar-refractivity contribution in [3.8, 4) is 0 Å². The summed E-state index contributed by atoms with van der Waals surface area (Å²) in [6.07, 6.45) is 4.65. The van der Waals surface area contributed by atoms with Gasteiger partial charge in [-0.2, -0.15) is 0 Å². The minimum atomic E-state index is 0.776. The van der Waals surface area contributed by atoms with E-state index in [2.05, 4.69) is 11.1 Å². The van der Waals surface area contributed by atoms with Crippen molar-refractivity contribution in [2.45, 2.75) is 6.42 Å². The molecule has 3 heteroatoms. The number of hydrogen-bond donors (Lipinski definition) is 0. The van der Waals surface area contributed by atoms with Crippen LogP contribution in [0.4, 0.5) is 0 Å². The zero-order valence-electron chi connectivity index (χ0n) is 7.94. The molecule has 0 saturated heterocycles. The highest BCUT2D eigenvalue weighted by Crippen LogP contribution is 2.13. The van der Waals surface area contributed by atoms with E-state index >= 15 is 0 Å². The minimum absolute atomic E-state index is 0.776. The van der Waals surface area contributed by atoms with Gasteiger partial charge in [-0.1, -0.05) is 23.7 Å². The average molecular weight is 207 g/mol. The molecule has 1 aromatic heterocycles. The van der Waals surface area contributed by atoms with Gasteiger partial charge in [0.25, 0.3) is 0 Å². The van der Waals surface area contributed by atoms with Gasteiger partial charge in [0.15, 0.2) is 0 Å². The van der Waals surface area contributed by atoms with Crippen LogP contribution in [0.3, 0.4) is 0 Å². The summed E-state index contributed by atoms with van der Waals surface area (Å²) in [5.41, 5.74) is 2.26. The molecule has 0 radical (unpaired) electrons. The standard InChI is InChI=1S/C11H11ClN2/c1-14-7-11(13-8-14)6-9-3-2-4-10(12)5-9/h2-5,7-8H,6H2,1H3. The molecule has 0 unspecified atom stereocenters. The summed E-state index contributed by atoms with van der Waals surface area (Å²) in [4.78, 5) is 4.26. The van der Waals surface area contributed by atoms with Crippen LogP contribution in [0.2, 0.25) is 5.02 Å². The van der Waals surface area contributed by atoms with Crippen molar-refractivity contribution in [1.82, 2.24) is 9.55 Å². The number of nitrogens with zero attached hydrogens (tertiary/aromatic N) is 2. The monoisotopic (exact) mass is 206 g/mol. The van der Waals surface area contributed by atoms with E-state index in [4.69, 9.17) is 11.6 Å². The molecular weight excluding hydrogens is 196 g/mol. The van der Waals surface area contributed by atoms with Crippen LogP contribution in [-0.4, -0.2) is 9.55 Å². The molecule has 0 aliphatic rings. The van der Waals surface area contributed by atoms with E-state index < -0.39 is 0 Å². The Labute approximate surface area is 88.2 Å². The fraction of sp³-hybridized carbons (Fsp3) is 0.182. The molecule has 72 valence electrons. The Kier molecular flexibility index (Phi) is 2.55. The lowest BCUT2D eigenvalue weighted by atomic mass is 10.1. The van der Waals surface area contributed by atoms with E-state index in [1.807, 2.05) is 36.0 Å². The van der Waals surface area contributed by atoms with Crippen molar-refractivity contribution in [3.63, 3.8) is 0 Å². The molecule has 2 nitrogen and oxygen atoms in total. The molecule has 0 fully saturated rings. The number of hydrogen-bond acceptors (Lipinski definition) is 1. The number of benzene rings is 1. The molecule has 0 spiro atoms. The second-order valence-corrected chi connectivity index (χ2v) is 3.77. The van der Waals surface area contributed by atoms with Gasteiger partial charge >= 0.3 is 0 Å². The van der Waals surface area contributed by atoms with Crippen molar-refractivity contribution in [2.75, 3.05) is 0 Å². The van der Waals surface area contributed by atoms with E-state index in [0.29, 0.717) is 0 Å². The Morgan fingerprint density at radius 2 is 2.29 bits per heavy atom. The van der Waals surface area contributed by atoms with Crippen molar-refractivity contribution >= 4 is 11.6 Å². The number of rotatable bonds is 2. The quantitative estimate of drug-likeness (QED) is 0.739. The summed E-state index contributed by atoms with van der Waals surface area (Å²) < 4.78 is 1.94. The topological polar surface area (TPSA) is 17.8 Å². The van der Waals surface area contributed by atoms with Crippen molar-refractivity contribution in [2.24, 2.45) is 7.05 Å². The Morgan fingerprint density at radius 3 is 2.93 bits per heavy atom. The molecule has 0 bridgehead atoms. The van der Waals surface area contributed by atoms with Crippen LogP contribution in [-0.2, 0) is 13.5 Å². The van der Waals surface area contributed by atoms with Crippen LogP contribution in [0.5, 0.6) is 0 Å². The molecular formula is C11H11ClN2. The summed E-state index contributed by atoms with van der Waals surface area (Å²) in [5.74, 6) is 0. The van der Waals surface area contributed by atoms with E-state index in [1.54, 1.807) is 6.33 Å². The number of halogens is 1. The molecule has 1 aromatic carbocycles. The van der Waals surface area contributed by atoms with Gasteiger partial charge in [-0.25, -0.2) is 4.98 Å². The van der Waals surface area contributed by atoms with Gasteiger partial charge in [-0.15, -0.1) is 0 Å². The molecule has 2 aromatic rings. The fourth-order valence-corrected chi connectivity index (χ4v) is 1.63. The molecule has 2 rings (SSSR count). The van der Waals surface area contributed by atoms with Crippen molar-refractivity contribution in [3.05, 3.63) is 53.1 Å². The Bertz CT molecular complexity index is 434. The summed E-state index contributed by atoms with van der Waals surface area (Å²) in [5, 5.41) is 0.776. The third kappa shape index (κ3) is 2.15. The van der Waals surface area contributed by atoms with E-state index in [0.717, 1.165) is 17.1 Å². The first-order valence-electron chi connectivity index (χ1n) is 4.45. The molecule has 0 atom stereocenters. The molecule has 0 amide bonds. The predicted octanol–water partition coefficient (Wildman–Crippen LogP) is 2.66. The number of aryl methyl sites for hydroxylation is 1. The SMILES string of the molecule is Cn1cnc(Cc2cccc(Cl)c2)c1. The second-order valence-electron chi connectivity index (χ2n) is 3.34. The molecule has 0 N–H and O–H groups in total. The Hall–Kier alpha value is -1.28. The van der Waals surface area contributed by atoms with Crippen LogP contribution in [0, 0.1) is 0 Å². The van der Waals surface area contributed by atoms with Gasteiger partial charge in [0, 0.05) is 24.7 Å². The lowest BCUT2D eigenvalue weighted by Gasteiger charge is -1.98. The van der Waals surface area contributed by atoms with E-state index in [9.17, 15) is 0 Å². The Morgan fingerprint density at radius 1 is 1.43 bits per heavy atom. The summed E-state index contributed by atoms with van der Waals surface area (Å²) in [6.45, 7) is 0. The molecule has 0 saturated carbocycles. The summed E-state index contributed by atoms with van der Waals surface area (Å²) in [6, 6.07) is 7.86. The van der Waals surface area contributed by atoms with Gasteiger partial charge in [0.05, 0.1) is 12.0 Å². The van der Waals surface area contributed by atoms with E-state index in [1.165, 1.54) is 5.56 Å². The first-order chi connectivity index (χ1) is 6.74. The Balaban J connectivity index is 2.18. The first kappa shape index (κ1) is 9.28. The molecule has 0 aliphatic carbocycles. The van der Waals surface area contributed by atoms with Crippen LogP contribution in [0.15, 0.2) is 36.8 Å². The van der Waals surface area contributed by atoms with E-state index in [-0.39, 0.29) is 0 Å². The lowest BCUT2D eigenvalue weighted by Crippen LogP contribution is -1.87. The van der Waals surface area contributed by atoms with Gasteiger partial charge in [0.2, 0.25) is 0 Å². The lowest BCUT2D eigenvalue weighted by molar-refractivity contribution is 0.912. The smallest absolute Gasteiger partial charge is 0.0946 e. The zero-order valence-corrected chi connectivity index (χ0v) is 8.70. The third-order valence-electron chi connectivity index (χ3n) is 2.03. The number of aromatic nitrogens is 2. The second kappa shape index (κ2) is 3.84. The average Bonchev–Trinajstić information content (AvgIpc) is 2.51. The fourth-order valence-electron chi connectivity index (χ4n) is 1.41. The predicted molar refractivity (Wildman–Crippen MR) is 57.5 cm³/mol. The maximum Gasteiger partial charge on any atom is 0.0946 e. The normalized spacial score (nSPS) is 10.4. The van der Waals surface area contributed by atoms with Crippen LogP contribution in [0.1, 0.15) is 11.3 Å². The third-order valence-corrected chi connectivity index (χ3v) is 2.27. The van der Waals surface area contributed by atoms with Crippen LogP contribution < -0.4 is 0 Å². The summed E-state index contributed by atoms with van der Waals surface area (Å²) >= 11 is 5.89. The molecule has 0 aliphatic heterocycles.